The Morgan fingerprint density at radius 1 is 1.30 bits per heavy atom. The normalized spacial score (nSPS) is 14.6. The zero-order chi connectivity index (χ0) is 14.5. The lowest BCUT2D eigenvalue weighted by Gasteiger charge is -2.08. The van der Waals surface area contributed by atoms with Gasteiger partial charge in [0.2, 0.25) is 0 Å². The van der Waals surface area contributed by atoms with Gasteiger partial charge in [-0.25, -0.2) is 4.39 Å². The van der Waals surface area contributed by atoms with Gasteiger partial charge in [-0.15, -0.1) is 0 Å². The Kier molecular flexibility index (Phi) is 4.24. The molecule has 0 fully saturated rings. The second-order valence-corrected chi connectivity index (χ2v) is 4.37. The van der Waals surface area contributed by atoms with Crippen LogP contribution in [0.1, 0.15) is 16.8 Å². The van der Waals surface area contributed by atoms with Crippen LogP contribution in [0.5, 0.6) is 0 Å². The molecular weight excluding hydrogens is 255 g/mol. The van der Waals surface area contributed by atoms with E-state index in [0.29, 0.717) is 23.1 Å². The van der Waals surface area contributed by atoms with Gasteiger partial charge in [-0.1, -0.05) is 6.08 Å². The number of hydrogen-bond acceptors (Lipinski definition) is 3. The van der Waals surface area contributed by atoms with E-state index in [9.17, 15) is 9.18 Å². The highest BCUT2D eigenvalue weighted by atomic mass is 19.1. The number of benzene rings is 1. The molecule has 2 rings (SSSR count). The highest BCUT2D eigenvalue weighted by Crippen LogP contribution is 2.21. The van der Waals surface area contributed by atoms with E-state index in [-0.39, 0.29) is 18.1 Å². The molecule has 1 aromatic carbocycles. The van der Waals surface area contributed by atoms with Crippen molar-refractivity contribution in [3.05, 3.63) is 70.6 Å². The van der Waals surface area contributed by atoms with Gasteiger partial charge in [-0.2, -0.15) is 5.26 Å². The van der Waals surface area contributed by atoms with Gasteiger partial charge in [0, 0.05) is 23.3 Å². The first kappa shape index (κ1) is 13.9. The van der Waals surface area contributed by atoms with Crippen molar-refractivity contribution in [2.24, 2.45) is 5.73 Å². The van der Waals surface area contributed by atoms with Crippen molar-refractivity contribution in [1.29, 1.82) is 5.26 Å². The van der Waals surface area contributed by atoms with Gasteiger partial charge in [-0.05, 0) is 48.4 Å². The van der Waals surface area contributed by atoms with Crippen molar-refractivity contribution in [2.45, 2.75) is 6.42 Å². The first-order valence-corrected chi connectivity index (χ1v) is 6.16. The van der Waals surface area contributed by atoms with Gasteiger partial charge < -0.3 is 5.73 Å². The Labute approximate surface area is 116 Å². The fourth-order valence-corrected chi connectivity index (χ4v) is 1.97. The van der Waals surface area contributed by atoms with Crippen molar-refractivity contribution < 1.29 is 9.18 Å². The fraction of sp³-hybridized carbons (Fsp3) is 0.125. The quantitative estimate of drug-likeness (QED) is 0.857. The minimum absolute atomic E-state index is 0.214. The van der Waals surface area contributed by atoms with Gasteiger partial charge in [0.1, 0.15) is 5.82 Å². The third-order valence-electron chi connectivity index (χ3n) is 3.11. The Hall–Kier alpha value is -2.51. The third-order valence-corrected chi connectivity index (χ3v) is 3.11. The number of hydrogen-bond donors (Lipinski definition) is 1. The number of nitriles is 1. The van der Waals surface area contributed by atoms with E-state index in [1.165, 1.54) is 24.3 Å². The summed E-state index contributed by atoms with van der Waals surface area (Å²) in [6, 6.07) is 7.41. The van der Waals surface area contributed by atoms with Crippen molar-refractivity contribution in [1.82, 2.24) is 0 Å². The van der Waals surface area contributed by atoms with Gasteiger partial charge in [0.05, 0.1) is 6.07 Å². The summed E-state index contributed by atoms with van der Waals surface area (Å²) in [5.74, 6) is -0.603. The second kappa shape index (κ2) is 6.09. The Morgan fingerprint density at radius 3 is 2.60 bits per heavy atom. The highest BCUT2D eigenvalue weighted by Gasteiger charge is 2.16. The molecule has 0 aliphatic heterocycles. The molecule has 0 atom stereocenters. The van der Waals surface area contributed by atoms with E-state index in [1.54, 1.807) is 18.2 Å². The number of nitrogens with two attached hydrogens (primary N) is 1. The summed E-state index contributed by atoms with van der Waals surface area (Å²) in [5.41, 5.74) is 7.81. The maximum Gasteiger partial charge on any atom is 0.193 e. The maximum absolute atomic E-state index is 12.9. The van der Waals surface area contributed by atoms with E-state index in [2.05, 4.69) is 0 Å². The van der Waals surface area contributed by atoms with E-state index >= 15 is 0 Å². The number of ketones is 1. The van der Waals surface area contributed by atoms with E-state index in [0.717, 1.165) is 5.57 Å². The predicted molar refractivity (Wildman–Crippen MR) is 74.3 cm³/mol. The van der Waals surface area contributed by atoms with Gasteiger partial charge in [0.15, 0.2) is 5.78 Å². The number of rotatable bonds is 3. The first-order chi connectivity index (χ1) is 9.65. The molecule has 0 saturated carbocycles. The second-order valence-electron chi connectivity index (χ2n) is 4.37. The molecule has 100 valence electrons. The summed E-state index contributed by atoms with van der Waals surface area (Å²) in [5, 5.41) is 8.90. The molecule has 3 nitrogen and oxygen atoms in total. The van der Waals surface area contributed by atoms with Crippen molar-refractivity contribution in [3.63, 3.8) is 0 Å². The number of allylic oxidation sites excluding steroid dienone is 5. The molecule has 2 N–H and O–H groups in total. The van der Waals surface area contributed by atoms with Gasteiger partial charge in [-0.3, -0.25) is 4.79 Å². The van der Waals surface area contributed by atoms with E-state index < -0.39 is 0 Å². The standard InChI is InChI=1S/C16H13FN2O/c17-14-6-4-12(5-7-14)16(20)15-8-2-11(9-18)1-3-13(15)10-19/h1-2,4-8H,3,10,19H2. The van der Waals surface area contributed by atoms with Crippen LogP contribution in [0, 0.1) is 17.1 Å². The van der Waals surface area contributed by atoms with Crippen LogP contribution in [-0.4, -0.2) is 12.3 Å². The first-order valence-electron chi connectivity index (χ1n) is 6.16. The summed E-state index contributed by atoms with van der Waals surface area (Å²) in [7, 11) is 0. The van der Waals surface area contributed by atoms with Gasteiger partial charge in [0.25, 0.3) is 0 Å². The Morgan fingerprint density at radius 2 is 2.00 bits per heavy atom. The van der Waals surface area contributed by atoms with E-state index in [4.69, 9.17) is 11.0 Å². The van der Waals surface area contributed by atoms with Crippen LogP contribution in [0.15, 0.2) is 59.2 Å². The van der Waals surface area contributed by atoms with E-state index in [1.807, 2.05) is 6.07 Å². The predicted octanol–water partition coefficient (Wildman–Crippen LogP) is 2.67. The average Bonchev–Trinajstić information content (AvgIpc) is 2.69. The van der Waals surface area contributed by atoms with Gasteiger partial charge >= 0.3 is 0 Å². The molecule has 4 heteroatoms. The minimum Gasteiger partial charge on any atom is -0.327 e. The number of carbonyl (C=O) groups excluding carboxylic acids is 1. The molecule has 1 aromatic rings. The Bertz CT molecular complexity index is 661. The number of carbonyl (C=O) groups is 1. The molecule has 0 amide bonds. The number of halogens is 1. The molecule has 0 aromatic heterocycles. The van der Waals surface area contributed by atoms with Crippen LogP contribution < -0.4 is 5.73 Å². The maximum atomic E-state index is 12.9. The minimum atomic E-state index is -0.389. The van der Waals surface area contributed by atoms with Crippen LogP contribution in [0.4, 0.5) is 4.39 Å². The molecule has 1 aliphatic rings. The lowest BCUT2D eigenvalue weighted by atomic mass is 9.97. The van der Waals surface area contributed by atoms with Crippen LogP contribution in [0.2, 0.25) is 0 Å². The summed E-state index contributed by atoms with van der Waals surface area (Å²) in [4.78, 5) is 12.4. The van der Waals surface area contributed by atoms with Crippen LogP contribution >= 0.6 is 0 Å². The molecule has 0 radical (unpaired) electrons. The molecular formula is C16H13FN2O. The zero-order valence-corrected chi connectivity index (χ0v) is 10.8. The molecule has 0 bridgehead atoms. The van der Waals surface area contributed by atoms with Crippen molar-refractivity contribution in [3.8, 4) is 6.07 Å². The molecule has 20 heavy (non-hydrogen) atoms. The lowest BCUT2D eigenvalue weighted by molar-refractivity contribution is 0.103. The smallest absolute Gasteiger partial charge is 0.193 e. The molecule has 0 heterocycles. The topological polar surface area (TPSA) is 66.9 Å². The highest BCUT2D eigenvalue weighted by molar-refractivity contribution is 6.11. The van der Waals surface area contributed by atoms with Crippen LogP contribution in [0.3, 0.4) is 0 Å². The van der Waals surface area contributed by atoms with Crippen LogP contribution in [-0.2, 0) is 0 Å². The summed E-state index contributed by atoms with van der Waals surface area (Å²) in [6.07, 6.45) is 5.41. The number of nitrogens with zero attached hydrogens (tertiary/aromatic N) is 1. The summed E-state index contributed by atoms with van der Waals surface area (Å²) >= 11 is 0. The Balaban J connectivity index is 2.39. The lowest BCUT2D eigenvalue weighted by Crippen LogP contribution is -2.11. The molecule has 1 aliphatic carbocycles. The summed E-state index contributed by atoms with van der Waals surface area (Å²) < 4.78 is 12.9. The summed E-state index contributed by atoms with van der Waals surface area (Å²) in [6.45, 7) is 0.238. The number of Topliss-reactive ketones (excluding diaryl/α,β-unsaturated/α-hetero) is 1. The van der Waals surface area contributed by atoms with Crippen molar-refractivity contribution >= 4 is 5.78 Å². The molecule has 0 spiro atoms. The molecule has 0 unspecified atom stereocenters. The largest absolute Gasteiger partial charge is 0.327 e. The molecule has 0 saturated heterocycles. The fourth-order valence-electron chi connectivity index (χ4n) is 1.97. The SMILES string of the molecule is N#CC1=CCC(CN)=C(C(=O)c2ccc(F)cc2)C=C1. The van der Waals surface area contributed by atoms with Crippen LogP contribution in [0.25, 0.3) is 0 Å². The third kappa shape index (κ3) is 2.90. The monoisotopic (exact) mass is 268 g/mol. The van der Waals surface area contributed by atoms with Crippen molar-refractivity contribution in [2.75, 3.05) is 6.54 Å². The zero-order valence-electron chi connectivity index (χ0n) is 10.8. The average molecular weight is 268 g/mol.